The fourth-order valence-electron chi connectivity index (χ4n) is 3.82. The van der Waals surface area contributed by atoms with Gasteiger partial charge in [-0.1, -0.05) is 42.5 Å². The predicted molar refractivity (Wildman–Crippen MR) is 126 cm³/mol. The Morgan fingerprint density at radius 1 is 0.909 bits per heavy atom. The minimum absolute atomic E-state index is 0.0458. The SMILES string of the molecule is Nc1ncc(-c2ccc(C(=O)N3CCCNCC3)cc2)nc1-c1nnc(-c2ccccc2)[nH]1. The maximum Gasteiger partial charge on any atom is 0.253 e. The molecule has 0 radical (unpaired) electrons. The number of carbonyl (C=O) groups excluding carboxylic acids is 1. The first-order valence-corrected chi connectivity index (χ1v) is 10.9. The molecule has 1 aliphatic heterocycles. The first-order chi connectivity index (χ1) is 16.2. The molecule has 4 N–H and O–H groups in total. The number of anilines is 1. The molecule has 1 aliphatic rings. The van der Waals surface area contributed by atoms with Crippen molar-refractivity contribution in [1.82, 2.24) is 35.4 Å². The predicted octanol–water partition coefficient (Wildman–Crippen LogP) is 2.61. The highest BCUT2D eigenvalue weighted by Crippen LogP contribution is 2.25. The van der Waals surface area contributed by atoms with Crippen molar-refractivity contribution in [3.63, 3.8) is 0 Å². The lowest BCUT2D eigenvalue weighted by molar-refractivity contribution is 0.0766. The Bertz CT molecular complexity index is 1250. The van der Waals surface area contributed by atoms with E-state index in [9.17, 15) is 4.79 Å². The lowest BCUT2D eigenvalue weighted by atomic mass is 10.1. The van der Waals surface area contributed by atoms with Gasteiger partial charge in [0.2, 0.25) is 0 Å². The highest BCUT2D eigenvalue weighted by Gasteiger charge is 2.18. The van der Waals surface area contributed by atoms with E-state index in [1.54, 1.807) is 6.20 Å². The van der Waals surface area contributed by atoms with Crippen molar-refractivity contribution in [2.24, 2.45) is 0 Å². The van der Waals surface area contributed by atoms with Gasteiger partial charge in [0.25, 0.3) is 5.91 Å². The molecule has 0 aliphatic carbocycles. The monoisotopic (exact) mass is 440 g/mol. The summed E-state index contributed by atoms with van der Waals surface area (Å²) in [4.78, 5) is 26.9. The van der Waals surface area contributed by atoms with Crippen LogP contribution in [0, 0.1) is 0 Å². The molecule has 33 heavy (non-hydrogen) atoms. The number of amides is 1. The quantitative estimate of drug-likeness (QED) is 0.445. The van der Waals surface area contributed by atoms with Crippen molar-refractivity contribution >= 4 is 11.7 Å². The highest BCUT2D eigenvalue weighted by molar-refractivity contribution is 5.94. The first kappa shape index (κ1) is 20.8. The van der Waals surface area contributed by atoms with Crippen LogP contribution in [0.4, 0.5) is 5.82 Å². The van der Waals surface area contributed by atoms with Crippen LogP contribution in [0.25, 0.3) is 34.2 Å². The zero-order chi connectivity index (χ0) is 22.6. The van der Waals surface area contributed by atoms with Crippen LogP contribution in [-0.2, 0) is 0 Å². The van der Waals surface area contributed by atoms with Gasteiger partial charge in [0.15, 0.2) is 23.2 Å². The third-order valence-electron chi connectivity index (χ3n) is 5.61. The molecule has 1 amide bonds. The van der Waals surface area contributed by atoms with Gasteiger partial charge in [-0.05, 0) is 25.1 Å². The average Bonchev–Trinajstić information content (AvgIpc) is 3.19. The Labute approximate surface area is 191 Å². The zero-order valence-corrected chi connectivity index (χ0v) is 18.0. The van der Waals surface area contributed by atoms with E-state index in [4.69, 9.17) is 5.73 Å². The summed E-state index contributed by atoms with van der Waals surface area (Å²) in [6.07, 6.45) is 2.58. The number of nitrogens with one attached hydrogen (secondary N) is 2. The largest absolute Gasteiger partial charge is 0.382 e. The Morgan fingerprint density at radius 2 is 1.70 bits per heavy atom. The molecule has 0 unspecified atom stereocenters. The number of aromatic nitrogens is 5. The van der Waals surface area contributed by atoms with Crippen LogP contribution >= 0.6 is 0 Å². The van der Waals surface area contributed by atoms with Gasteiger partial charge < -0.3 is 20.9 Å². The number of hydrogen-bond donors (Lipinski definition) is 3. The number of nitrogens with two attached hydrogens (primary N) is 1. The molecule has 166 valence electrons. The van der Waals surface area contributed by atoms with E-state index in [1.165, 1.54) is 0 Å². The standard InChI is InChI=1S/C24H24N8O/c25-21-20(23-29-22(30-31-23)17-5-2-1-3-6-17)28-19(15-27-21)16-7-9-18(10-8-16)24(33)32-13-4-11-26-12-14-32/h1-3,5-10,15,26H,4,11-14H2,(H2,25,27)(H,29,30,31). The lowest BCUT2D eigenvalue weighted by Gasteiger charge is -2.20. The van der Waals surface area contributed by atoms with Gasteiger partial charge in [-0.15, -0.1) is 10.2 Å². The second-order valence-corrected chi connectivity index (χ2v) is 7.85. The van der Waals surface area contributed by atoms with E-state index in [0.29, 0.717) is 28.6 Å². The van der Waals surface area contributed by atoms with Crippen molar-refractivity contribution in [1.29, 1.82) is 0 Å². The molecular formula is C24H24N8O. The lowest BCUT2D eigenvalue weighted by Crippen LogP contribution is -2.34. The number of rotatable bonds is 4. The van der Waals surface area contributed by atoms with Crippen LogP contribution in [0.5, 0.6) is 0 Å². The van der Waals surface area contributed by atoms with Gasteiger partial charge in [0.05, 0.1) is 11.9 Å². The van der Waals surface area contributed by atoms with Crippen LogP contribution in [-0.4, -0.2) is 62.1 Å². The second kappa shape index (κ2) is 9.17. The molecule has 0 spiro atoms. The van der Waals surface area contributed by atoms with Crippen LogP contribution < -0.4 is 11.1 Å². The Kier molecular flexibility index (Phi) is 5.77. The summed E-state index contributed by atoms with van der Waals surface area (Å²) in [5, 5.41) is 11.7. The first-order valence-electron chi connectivity index (χ1n) is 10.9. The van der Waals surface area contributed by atoms with Crippen molar-refractivity contribution < 1.29 is 4.79 Å². The fourth-order valence-corrected chi connectivity index (χ4v) is 3.82. The number of aromatic amines is 1. The van der Waals surface area contributed by atoms with E-state index in [0.717, 1.165) is 43.7 Å². The summed E-state index contributed by atoms with van der Waals surface area (Å²) in [5.74, 6) is 1.38. The molecule has 2 aromatic carbocycles. The molecule has 1 saturated heterocycles. The molecule has 0 saturated carbocycles. The topological polar surface area (TPSA) is 126 Å². The number of benzene rings is 2. The Hall–Kier alpha value is -4.11. The molecule has 3 heterocycles. The van der Waals surface area contributed by atoms with Crippen LogP contribution in [0.3, 0.4) is 0 Å². The van der Waals surface area contributed by atoms with E-state index >= 15 is 0 Å². The maximum atomic E-state index is 12.8. The highest BCUT2D eigenvalue weighted by atomic mass is 16.2. The van der Waals surface area contributed by atoms with Gasteiger partial charge in [-0.3, -0.25) is 4.79 Å². The minimum atomic E-state index is 0.0458. The number of nitrogens with zero attached hydrogens (tertiary/aromatic N) is 5. The average molecular weight is 441 g/mol. The normalized spacial score (nSPS) is 14.1. The van der Waals surface area contributed by atoms with Crippen molar-refractivity contribution in [2.45, 2.75) is 6.42 Å². The molecule has 0 bridgehead atoms. The number of hydrogen-bond acceptors (Lipinski definition) is 7. The smallest absolute Gasteiger partial charge is 0.253 e. The third kappa shape index (κ3) is 4.44. The molecule has 9 heteroatoms. The van der Waals surface area contributed by atoms with Crippen molar-refractivity contribution in [2.75, 3.05) is 31.9 Å². The van der Waals surface area contributed by atoms with Crippen LogP contribution in [0.1, 0.15) is 16.8 Å². The third-order valence-corrected chi connectivity index (χ3v) is 5.61. The summed E-state index contributed by atoms with van der Waals surface area (Å²) in [6, 6.07) is 17.1. The maximum absolute atomic E-state index is 12.8. The summed E-state index contributed by atoms with van der Waals surface area (Å²) >= 11 is 0. The molecule has 5 rings (SSSR count). The van der Waals surface area contributed by atoms with Crippen LogP contribution in [0.15, 0.2) is 60.8 Å². The minimum Gasteiger partial charge on any atom is -0.382 e. The molecule has 1 fully saturated rings. The zero-order valence-electron chi connectivity index (χ0n) is 18.0. The van der Waals surface area contributed by atoms with Crippen LogP contribution in [0.2, 0.25) is 0 Å². The summed E-state index contributed by atoms with van der Waals surface area (Å²) < 4.78 is 0. The Morgan fingerprint density at radius 3 is 2.52 bits per heavy atom. The number of carbonyl (C=O) groups is 1. The summed E-state index contributed by atoms with van der Waals surface area (Å²) in [6.45, 7) is 3.25. The second-order valence-electron chi connectivity index (χ2n) is 7.85. The summed E-state index contributed by atoms with van der Waals surface area (Å²) in [5.41, 5.74) is 9.56. The molecule has 9 nitrogen and oxygen atoms in total. The number of H-pyrrole nitrogens is 1. The van der Waals surface area contributed by atoms with Gasteiger partial charge in [-0.2, -0.15) is 0 Å². The van der Waals surface area contributed by atoms with E-state index in [2.05, 4.69) is 30.5 Å². The van der Waals surface area contributed by atoms with Gasteiger partial charge >= 0.3 is 0 Å². The molecular weight excluding hydrogens is 416 g/mol. The van der Waals surface area contributed by atoms with Crippen molar-refractivity contribution in [3.05, 3.63) is 66.4 Å². The molecule has 0 atom stereocenters. The molecule has 2 aromatic heterocycles. The fraction of sp³-hybridized carbons (Fsp3) is 0.208. The van der Waals surface area contributed by atoms with Gasteiger partial charge in [0, 0.05) is 36.3 Å². The number of nitrogen functional groups attached to an aromatic ring is 1. The van der Waals surface area contributed by atoms with E-state index < -0.39 is 0 Å². The summed E-state index contributed by atoms with van der Waals surface area (Å²) in [7, 11) is 0. The van der Waals surface area contributed by atoms with E-state index in [-0.39, 0.29) is 11.7 Å². The Balaban J connectivity index is 1.39. The van der Waals surface area contributed by atoms with Crippen molar-refractivity contribution in [3.8, 4) is 34.2 Å². The van der Waals surface area contributed by atoms with Gasteiger partial charge in [-0.25, -0.2) is 9.97 Å². The van der Waals surface area contributed by atoms with E-state index in [1.807, 2.05) is 59.5 Å². The van der Waals surface area contributed by atoms with Gasteiger partial charge in [0.1, 0.15) is 0 Å². The molecule has 4 aromatic rings.